The van der Waals surface area contributed by atoms with Crippen LogP contribution in [0.3, 0.4) is 0 Å². The SMILES string of the molecule is COc1cc(C)cc(OC)c1.COc1cc(C)cc(OC)c1OC.COc1ccc(C)c(OC)c1.COc1ccc(C)cc1.COc1ccc(C)cc1OC.COc1cccc(C)c1.COc1cccc(C)c1OC.COc1cccc(OC)c1C.COc1ccccc1C.Cc1ccc(C)cc1. The molecule has 0 bridgehead atoms. The highest BCUT2D eigenvalue weighted by Crippen LogP contribution is 2.38. The van der Waals surface area contributed by atoms with Crippen molar-refractivity contribution in [3.63, 3.8) is 0 Å². The van der Waals surface area contributed by atoms with E-state index in [9.17, 15) is 0 Å². The summed E-state index contributed by atoms with van der Waals surface area (Å²) in [6.45, 7) is 22.3. The number of hydrogen-bond acceptors (Lipinski definition) is 16. The van der Waals surface area contributed by atoms with E-state index in [1.54, 1.807) is 114 Å². The molecule has 0 aliphatic heterocycles. The Kier molecular flexibility index (Phi) is 45.5. The first-order valence-corrected chi connectivity index (χ1v) is 32.9. The highest BCUT2D eigenvalue weighted by Gasteiger charge is 2.11. The smallest absolute Gasteiger partial charge is 0.203 e. The number of hydrogen-bond donors (Lipinski definition) is 0. The van der Waals surface area contributed by atoms with E-state index in [1.165, 1.54) is 33.4 Å². The Morgan fingerprint density at radius 2 is 0.495 bits per heavy atom. The van der Waals surface area contributed by atoms with Gasteiger partial charge < -0.3 is 75.8 Å². The molecule has 0 saturated heterocycles. The first-order valence-electron chi connectivity index (χ1n) is 32.9. The Hall–Kier alpha value is -11.0. The van der Waals surface area contributed by atoms with Crippen LogP contribution in [0.5, 0.6) is 92.0 Å². The molecule has 0 spiro atoms. The molecule has 0 aromatic heterocycles. The summed E-state index contributed by atoms with van der Waals surface area (Å²) in [4.78, 5) is 0. The molecule has 0 N–H and O–H groups in total. The molecule has 103 heavy (non-hydrogen) atoms. The Morgan fingerprint density at radius 1 is 0.155 bits per heavy atom. The van der Waals surface area contributed by atoms with Gasteiger partial charge in [-0.2, -0.15) is 0 Å². The molecule has 558 valence electrons. The number of ether oxygens (including phenoxy) is 16. The van der Waals surface area contributed by atoms with E-state index in [0.717, 1.165) is 103 Å². The van der Waals surface area contributed by atoms with E-state index in [0.29, 0.717) is 17.2 Å². The average molecular weight is 1420 g/mol. The largest absolute Gasteiger partial charge is 0.497 e. The Labute approximate surface area is 616 Å². The summed E-state index contributed by atoms with van der Waals surface area (Å²) in [7, 11) is 26.3. The zero-order valence-electron chi connectivity index (χ0n) is 66.1. The zero-order chi connectivity index (χ0) is 77.2. The monoisotopic (exact) mass is 1410 g/mol. The lowest BCUT2D eigenvalue weighted by Crippen LogP contribution is -1.95. The van der Waals surface area contributed by atoms with Gasteiger partial charge in [-0.05, 0) is 206 Å². The molecule has 0 fully saturated rings. The number of para-hydroxylation sites is 2. The van der Waals surface area contributed by atoms with Crippen LogP contribution in [0.25, 0.3) is 0 Å². The lowest BCUT2D eigenvalue weighted by Gasteiger charge is -2.12. The Bertz CT molecular complexity index is 3830. The van der Waals surface area contributed by atoms with E-state index >= 15 is 0 Å². The number of benzene rings is 10. The van der Waals surface area contributed by atoms with Gasteiger partial charge in [-0.15, -0.1) is 0 Å². The van der Waals surface area contributed by atoms with Crippen LogP contribution in [0, 0.1) is 76.2 Å². The van der Waals surface area contributed by atoms with Crippen molar-refractivity contribution in [1.82, 2.24) is 0 Å². The highest BCUT2D eigenvalue weighted by molar-refractivity contribution is 5.54. The fraction of sp³-hybridized carbons (Fsp3) is 0.310. The topological polar surface area (TPSA) is 148 Å². The molecule has 0 amide bonds. The fourth-order valence-electron chi connectivity index (χ4n) is 8.96. The minimum Gasteiger partial charge on any atom is -0.497 e. The van der Waals surface area contributed by atoms with Crippen LogP contribution < -0.4 is 75.8 Å². The summed E-state index contributed by atoms with van der Waals surface area (Å²) in [5.41, 5.74) is 13.0. The van der Waals surface area contributed by atoms with Gasteiger partial charge >= 0.3 is 0 Å². The maximum absolute atomic E-state index is 5.16. The summed E-state index contributed by atoms with van der Waals surface area (Å²) in [6.07, 6.45) is 0. The maximum Gasteiger partial charge on any atom is 0.203 e. The second kappa shape index (κ2) is 52.1. The Balaban J connectivity index is 0.000000574. The summed E-state index contributed by atoms with van der Waals surface area (Å²) in [5, 5.41) is 0. The zero-order valence-corrected chi connectivity index (χ0v) is 66.1. The third-order valence-corrected chi connectivity index (χ3v) is 14.7. The predicted molar refractivity (Wildman–Crippen MR) is 421 cm³/mol. The first-order chi connectivity index (χ1) is 49.4. The molecule has 0 aliphatic carbocycles. The summed E-state index contributed by atoms with van der Waals surface area (Å²) >= 11 is 0. The lowest BCUT2D eigenvalue weighted by atomic mass is 10.2. The van der Waals surface area contributed by atoms with Gasteiger partial charge in [0.15, 0.2) is 34.5 Å². The van der Waals surface area contributed by atoms with Crippen LogP contribution in [-0.2, 0) is 0 Å². The lowest BCUT2D eigenvalue weighted by molar-refractivity contribution is 0.324. The molecule has 10 aromatic rings. The van der Waals surface area contributed by atoms with Crippen LogP contribution in [-0.4, -0.2) is 114 Å². The van der Waals surface area contributed by atoms with Crippen molar-refractivity contribution in [3.05, 3.63) is 261 Å². The second-order valence-electron chi connectivity index (χ2n) is 22.5. The third-order valence-electron chi connectivity index (χ3n) is 14.7. The van der Waals surface area contributed by atoms with Crippen LogP contribution in [0.15, 0.2) is 200 Å². The summed E-state index contributed by atoms with van der Waals surface area (Å²) in [6, 6.07) is 65.1. The van der Waals surface area contributed by atoms with Gasteiger partial charge in [0.05, 0.1) is 114 Å². The molecule has 0 heterocycles. The Morgan fingerprint density at radius 3 is 0.903 bits per heavy atom. The summed E-state index contributed by atoms with van der Waals surface area (Å²) < 4.78 is 81.3. The van der Waals surface area contributed by atoms with E-state index in [1.807, 2.05) is 231 Å². The number of methoxy groups -OCH3 is 16. The standard InChI is InChI=1S/C10H14O3.5C9H12O2.3C8H10O.C8H10/c1-7-5-8(11-2)10(13-4)9(6-7)12-3;1-7-4-8(10-2)6-9(5-7)11-3;1-7-4-5-8(10-2)6-9(7)11-3;1-7-4-5-8(10-2)9(6-7)11-3;1-7-8(10-2)5-4-6-9(7)11-3;1-7-5-4-6-8(10-2)9(7)11-3;1-7-3-5-8(9-2)6-4-7;1-7-4-3-5-8(6-7)9-2;1-7-5-3-4-6-8(7)9-2;1-7-3-5-8(2)6-4-7/h5-6H,1-4H3;5*4-6H,1-3H3;3*3-6H,1-2H3;3-6H,1-2H3. The van der Waals surface area contributed by atoms with Crippen LogP contribution >= 0.6 is 0 Å². The van der Waals surface area contributed by atoms with E-state index < -0.39 is 0 Å². The molecule has 16 nitrogen and oxygen atoms in total. The minimum absolute atomic E-state index is 0.635. The quantitative estimate of drug-likeness (QED) is 0.0902. The summed E-state index contributed by atoms with van der Waals surface area (Å²) in [5.74, 6) is 13.1. The number of rotatable bonds is 16. The van der Waals surface area contributed by atoms with Gasteiger partial charge in [0.2, 0.25) is 5.75 Å². The molecule has 10 aromatic carbocycles. The predicted octanol–water partition coefficient (Wildman–Crippen LogP) is 20.4. The molecule has 16 heteroatoms. The van der Waals surface area contributed by atoms with Crippen molar-refractivity contribution in [2.45, 2.75) is 76.2 Å². The van der Waals surface area contributed by atoms with E-state index in [4.69, 9.17) is 75.8 Å². The molecule has 0 unspecified atom stereocenters. The molecule has 0 radical (unpaired) electrons. The van der Waals surface area contributed by atoms with Crippen LogP contribution in [0.1, 0.15) is 61.2 Å². The van der Waals surface area contributed by atoms with Gasteiger partial charge in [-0.3, -0.25) is 0 Å². The van der Waals surface area contributed by atoms with Crippen molar-refractivity contribution in [2.24, 2.45) is 0 Å². The fourth-order valence-corrected chi connectivity index (χ4v) is 8.96. The number of aryl methyl sites for hydroxylation is 10. The van der Waals surface area contributed by atoms with Gasteiger partial charge in [0.25, 0.3) is 0 Å². The molecule has 10 rings (SSSR count). The second-order valence-corrected chi connectivity index (χ2v) is 22.5. The molecular formula is C87H114O16. The average Bonchev–Trinajstić information content (AvgIpc) is 0.848. The van der Waals surface area contributed by atoms with Gasteiger partial charge in [-0.1, -0.05) is 114 Å². The van der Waals surface area contributed by atoms with E-state index in [-0.39, 0.29) is 0 Å². The molecule has 0 atom stereocenters. The van der Waals surface area contributed by atoms with Crippen molar-refractivity contribution in [1.29, 1.82) is 0 Å². The first kappa shape index (κ1) is 90.0. The molecular weight excluding hydrogens is 1300 g/mol. The van der Waals surface area contributed by atoms with Crippen molar-refractivity contribution in [3.8, 4) is 92.0 Å². The van der Waals surface area contributed by atoms with Crippen LogP contribution in [0.4, 0.5) is 0 Å². The maximum atomic E-state index is 5.16. The third kappa shape index (κ3) is 34.8. The molecule has 0 saturated carbocycles. The van der Waals surface area contributed by atoms with Gasteiger partial charge in [-0.25, -0.2) is 0 Å². The van der Waals surface area contributed by atoms with Crippen LogP contribution in [0.2, 0.25) is 0 Å². The molecule has 0 aliphatic rings. The normalized spacial score (nSPS) is 9.31. The minimum atomic E-state index is 0.635. The highest BCUT2D eigenvalue weighted by atomic mass is 16.5. The van der Waals surface area contributed by atoms with E-state index in [2.05, 4.69) is 45.0 Å². The van der Waals surface area contributed by atoms with Crippen molar-refractivity contribution in [2.75, 3.05) is 114 Å². The van der Waals surface area contributed by atoms with Crippen molar-refractivity contribution >= 4 is 0 Å². The van der Waals surface area contributed by atoms with Gasteiger partial charge in [0.1, 0.15) is 51.7 Å². The van der Waals surface area contributed by atoms with Crippen molar-refractivity contribution < 1.29 is 75.8 Å². The van der Waals surface area contributed by atoms with Gasteiger partial charge in [0, 0.05) is 17.7 Å².